The number of rotatable bonds is 6. The molecular weight excluding hydrogens is 262 g/mol. The minimum atomic E-state index is -0.849. The summed E-state index contributed by atoms with van der Waals surface area (Å²) in [7, 11) is 0. The van der Waals surface area contributed by atoms with Gasteiger partial charge in [-0.15, -0.1) is 0 Å². The summed E-state index contributed by atoms with van der Waals surface area (Å²) in [6, 6.07) is -0.497. The van der Waals surface area contributed by atoms with E-state index in [1.54, 1.807) is 11.8 Å². The second-order valence-electron chi connectivity index (χ2n) is 5.48. The molecule has 1 unspecified atom stereocenters. The van der Waals surface area contributed by atoms with E-state index in [2.05, 4.69) is 10.6 Å². The number of carboxylic acid groups (broad SMARTS) is 1. The highest BCUT2D eigenvalue weighted by Crippen LogP contribution is 2.29. The molecule has 7 heteroatoms. The number of imide groups is 1. The number of carbonyl (C=O) groups is 3. The summed E-state index contributed by atoms with van der Waals surface area (Å²) in [5, 5.41) is 13.9. The molecule has 114 valence electrons. The van der Waals surface area contributed by atoms with Gasteiger partial charge in [-0.2, -0.15) is 0 Å². The van der Waals surface area contributed by atoms with Crippen LogP contribution < -0.4 is 10.6 Å². The van der Waals surface area contributed by atoms with Crippen molar-refractivity contribution in [2.24, 2.45) is 5.41 Å². The quantitative estimate of drug-likeness (QED) is 0.614. The predicted octanol–water partition coefficient (Wildman–Crippen LogP) is 0.409. The number of hydrogen-bond acceptors (Lipinski definition) is 4. The van der Waals surface area contributed by atoms with Gasteiger partial charge in [0, 0.05) is 13.1 Å². The molecular formula is C13H23N3O4. The molecule has 3 amide bonds. The van der Waals surface area contributed by atoms with Crippen LogP contribution in [-0.4, -0.2) is 54.1 Å². The highest BCUT2D eigenvalue weighted by atomic mass is 16.4. The van der Waals surface area contributed by atoms with Crippen molar-refractivity contribution in [2.75, 3.05) is 26.2 Å². The third-order valence-electron chi connectivity index (χ3n) is 3.50. The topological polar surface area (TPSA) is 98.7 Å². The Morgan fingerprint density at radius 3 is 2.60 bits per heavy atom. The zero-order chi connectivity index (χ0) is 15.2. The van der Waals surface area contributed by atoms with Crippen LogP contribution in [0.2, 0.25) is 0 Å². The van der Waals surface area contributed by atoms with Crippen molar-refractivity contribution in [2.45, 2.75) is 33.1 Å². The Labute approximate surface area is 118 Å². The van der Waals surface area contributed by atoms with Crippen molar-refractivity contribution in [1.29, 1.82) is 0 Å². The molecule has 1 aliphatic rings. The van der Waals surface area contributed by atoms with E-state index < -0.39 is 23.3 Å². The maximum absolute atomic E-state index is 11.7. The van der Waals surface area contributed by atoms with Gasteiger partial charge in [-0.1, -0.05) is 13.3 Å². The Hall–Kier alpha value is -1.63. The van der Waals surface area contributed by atoms with E-state index >= 15 is 0 Å². The highest BCUT2D eigenvalue weighted by Gasteiger charge is 2.40. The molecule has 3 N–H and O–H groups in total. The van der Waals surface area contributed by atoms with Gasteiger partial charge in [0.1, 0.15) is 0 Å². The predicted molar refractivity (Wildman–Crippen MR) is 73.2 cm³/mol. The molecule has 0 aromatic carbocycles. The van der Waals surface area contributed by atoms with Crippen LogP contribution in [0.1, 0.15) is 33.1 Å². The number of carbonyl (C=O) groups excluding carboxylic acids is 2. The van der Waals surface area contributed by atoms with E-state index in [1.165, 1.54) is 0 Å². The van der Waals surface area contributed by atoms with Crippen molar-refractivity contribution >= 4 is 17.9 Å². The van der Waals surface area contributed by atoms with Gasteiger partial charge in [0.05, 0.1) is 12.0 Å². The van der Waals surface area contributed by atoms with E-state index in [4.69, 9.17) is 5.11 Å². The van der Waals surface area contributed by atoms with Gasteiger partial charge < -0.3 is 10.4 Å². The van der Waals surface area contributed by atoms with Crippen LogP contribution in [0.15, 0.2) is 0 Å². The van der Waals surface area contributed by atoms with Crippen molar-refractivity contribution < 1.29 is 19.5 Å². The number of unbranched alkanes of at least 4 members (excludes halogenated alkanes) is 1. The Morgan fingerprint density at radius 1 is 1.35 bits per heavy atom. The van der Waals surface area contributed by atoms with Crippen LogP contribution in [0.4, 0.5) is 4.79 Å². The third-order valence-corrected chi connectivity index (χ3v) is 3.50. The molecule has 1 heterocycles. The lowest BCUT2D eigenvalue weighted by molar-refractivity contribution is -0.147. The normalized spacial score (nSPS) is 22.5. The van der Waals surface area contributed by atoms with E-state index in [9.17, 15) is 14.4 Å². The van der Waals surface area contributed by atoms with Gasteiger partial charge in [0.25, 0.3) is 0 Å². The summed E-state index contributed by atoms with van der Waals surface area (Å²) in [5.41, 5.74) is -0.802. The number of nitrogens with zero attached hydrogens (tertiary/aromatic N) is 1. The average Bonchev–Trinajstić information content (AvgIpc) is 2.72. The smallest absolute Gasteiger partial charge is 0.321 e. The van der Waals surface area contributed by atoms with Crippen LogP contribution in [0.5, 0.6) is 0 Å². The first kappa shape index (κ1) is 16.4. The van der Waals surface area contributed by atoms with E-state index in [0.29, 0.717) is 26.1 Å². The van der Waals surface area contributed by atoms with Gasteiger partial charge in [-0.3, -0.25) is 19.8 Å². The number of carboxylic acids is 1. The molecule has 0 radical (unpaired) electrons. The molecule has 1 rings (SSSR count). The van der Waals surface area contributed by atoms with Gasteiger partial charge in [0.15, 0.2) is 0 Å². The second-order valence-corrected chi connectivity index (χ2v) is 5.48. The first-order valence-corrected chi connectivity index (χ1v) is 6.91. The number of nitrogens with one attached hydrogen (secondary N) is 2. The first-order chi connectivity index (χ1) is 9.37. The van der Waals surface area contributed by atoms with Crippen LogP contribution in [-0.2, 0) is 9.59 Å². The van der Waals surface area contributed by atoms with Crippen molar-refractivity contribution in [3.8, 4) is 0 Å². The molecule has 1 atom stereocenters. The Balaban J connectivity index is 2.30. The molecule has 7 nitrogen and oxygen atoms in total. The van der Waals surface area contributed by atoms with Crippen LogP contribution in [0.3, 0.4) is 0 Å². The zero-order valence-electron chi connectivity index (χ0n) is 12.1. The Bertz CT molecular complexity index is 386. The van der Waals surface area contributed by atoms with Crippen molar-refractivity contribution in [3.05, 3.63) is 0 Å². The maximum atomic E-state index is 11.7. The summed E-state index contributed by atoms with van der Waals surface area (Å²) in [4.78, 5) is 35.9. The zero-order valence-corrected chi connectivity index (χ0v) is 12.1. The van der Waals surface area contributed by atoms with Crippen LogP contribution >= 0.6 is 0 Å². The minimum absolute atomic E-state index is 0.0457. The fraction of sp³-hybridized carbons (Fsp3) is 0.769. The summed E-state index contributed by atoms with van der Waals surface area (Å²) < 4.78 is 0. The summed E-state index contributed by atoms with van der Waals surface area (Å²) in [6.07, 6.45) is 2.35. The average molecular weight is 285 g/mol. The number of amides is 3. The Morgan fingerprint density at radius 2 is 2.05 bits per heavy atom. The van der Waals surface area contributed by atoms with Crippen molar-refractivity contribution in [3.63, 3.8) is 0 Å². The van der Waals surface area contributed by atoms with Gasteiger partial charge >= 0.3 is 12.0 Å². The molecule has 0 saturated carbocycles. The standard InChI is InChI=1S/C13H23N3O4/c1-3-4-6-14-12(20)15-10(17)8-16-7-5-13(2,9-16)11(18)19/h3-9H2,1-2H3,(H,18,19)(H2,14,15,17,20). The van der Waals surface area contributed by atoms with Crippen LogP contribution in [0.25, 0.3) is 0 Å². The van der Waals surface area contributed by atoms with E-state index in [-0.39, 0.29) is 6.54 Å². The maximum Gasteiger partial charge on any atom is 0.321 e. The fourth-order valence-corrected chi connectivity index (χ4v) is 2.16. The lowest BCUT2D eigenvalue weighted by Crippen LogP contribution is -2.44. The number of likely N-dealkylation sites (tertiary alicyclic amines) is 1. The SMILES string of the molecule is CCCCNC(=O)NC(=O)CN1CCC(C)(C(=O)O)C1. The van der Waals surface area contributed by atoms with Crippen LogP contribution in [0, 0.1) is 5.41 Å². The molecule has 0 aliphatic carbocycles. The molecule has 0 bridgehead atoms. The molecule has 1 fully saturated rings. The molecule has 0 aromatic rings. The fourth-order valence-electron chi connectivity index (χ4n) is 2.16. The molecule has 0 spiro atoms. The molecule has 0 aromatic heterocycles. The molecule has 1 aliphatic heterocycles. The first-order valence-electron chi connectivity index (χ1n) is 6.91. The highest BCUT2D eigenvalue weighted by molar-refractivity contribution is 5.95. The molecule has 1 saturated heterocycles. The van der Waals surface area contributed by atoms with Gasteiger partial charge in [0.2, 0.25) is 5.91 Å². The monoisotopic (exact) mass is 285 g/mol. The number of hydrogen-bond donors (Lipinski definition) is 3. The lowest BCUT2D eigenvalue weighted by Gasteiger charge is -2.19. The van der Waals surface area contributed by atoms with E-state index in [1.807, 2.05) is 6.92 Å². The Kier molecular flexibility index (Phi) is 5.94. The summed E-state index contributed by atoms with van der Waals surface area (Å²) in [5.74, 6) is -1.26. The van der Waals surface area contributed by atoms with E-state index in [0.717, 1.165) is 12.8 Å². The third kappa shape index (κ3) is 4.80. The molecule has 20 heavy (non-hydrogen) atoms. The minimum Gasteiger partial charge on any atom is -0.481 e. The summed E-state index contributed by atoms with van der Waals surface area (Å²) in [6.45, 7) is 5.14. The lowest BCUT2D eigenvalue weighted by atomic mass is 9.90. The van der Waals surface area contributed by atoms with Crippen molar-refractivity contribution in [1.82, 2.24) is 15.5 Å². The van der Waals surface area contributed by atoms with Gasteiger partial charge in [-0.25, -0.2) is 4.79 Å². The van der Waals surface area contributed by atoms with Gasteiger partial charge in [-0.05, 0) is 26.3 Å². The number of urea groups is 1. The summed E-state index contributed by atoms with van der Waals surface area (Å²) >= 11 is 0. The number of aliphatic carboxylic acids is 1. The second kappa shape index (κ2) is 7.23. The largest absolute Gasteiger partial charge is 0.481 e.